The molecule has 1 aromatic heterocycles. The Bertz CT molecular complexity index is 1180. The smallest absolute Gasteiger partial charge is 0.270 e. The number of nitrogens with zero attached hydrogens (tertiary/aromatic N) is 2. The quantitative estimate of drug-likeness (QED) is 0.237. The van der Waals surface area contributed by atoms with Gasteiger partial charge >= 0.3 is 0 Å². The standard InChI is InChI=1S/C21H14N2O4S2/c1-13-5-2-3-8-17(13)22-20(24)19(29-21(22)28)12-16-9-10-18(27-16)14-6-4-7-15(11-14)23(25)26/h2-12H,1H3. The molecular formula is C21H14N2O4S2. The van der Waals surface area contributed by atoms with Crippen LogP contribution in [-0.2, 0) is 4.79 Å². The van der Waals surface area contributed by atoms with E-state index >= 15 is 0 Å². The molecule has 1 amide bonds. The number of hydrogen-bond donors (Lipinski definition) is 0. The molecule has 29 heavy (non-hydrogen) atoms. The summed E-state index contributed by atoms with van der Waals surface area (Å²) in [5, 5.41) is 11.0. The van der Waals surface area contributed by atoms with E-state index in [4.69, 9.17) is 16.6 Å². The van der Waals surface area contributed by atoms with Gasteiger partial charge in [0, 0.05) is 23.8 Å². The van der Waals surface area contributed by atoms with Gasteiger partial charge in [0.25, 0.3) is 11.6 Å². The number of carbonyl (C=O) groups is 1. The third kappa shape index (κ3) is 3.72. The van der Waals surface area contributed by atoms with Gasteiger partial charge in [0.1, 0.15) is 11.5 Å². The zero-order valence-electron chi connectivity index (χ0n) is 15.2. The van der Waals surface area contributed by atoms with Crippen LogP contribution in [0.5, 0.6) is 0 Å². The minimum Gasteiger partial charge on any atom is -0.457 e. The zero-order valence-corrected chi connectivity index (χ0v) is 16.8. The number of aryl methyl sites for hydroxylation is 1. The highest BCUT2D eigenvalue weighted by molar-refractivity contribution is 8.27. The van der Waals surface area contributed by atoms with Gasteiger partial charge in [0.2, 0.25) is 0 Å². The molecule has 1 saturated heterocycles. The summed E-state index contributed by atoms with van der Waals surface area (Å²) >= 11 is 6.62. The van der Waals surface area contributed by atoms with E-state index in [9.17, 15) is 14.9 Å². The van der Waals surface area contributed by atoms with E-state index in [2.05, 4.69) is 0 Å². The first-order valence-electron chi connectivity index (χ1n) is 8.62. The van der Waals surface area contributed by atoms with E-state index in [-0.39, 0.29) is 11.6 Å². The van der Waals surface area contributed by atoms with Crippen LogP contribution >= 0.6 is 24.0 Å². The maximum atomic E-state index is 12.9. The van der Waals surface area contributed by atoms with Crippen LogP contribution in [0.1, 0.15) is 11.3 Å². The summed E-state index contributed by atoms with van der Waals surface area (Å²) in [5.74, 6) is 0.744. The van der Waals surface area contributed by atoms with Crippen molar-refractivity contribution in [1.29, 1.82) is 0 Å². The van der Waals surface area contributed by atoms with Crippen molar-refractivity contribution < 1.29 is 14.1 Å². The summed E-state index contributed by atoms with van der Waals surface area (Å²) in [6.07, 6.45) is 1.64. The Kier molecular flexibility index (Phi) is 5.04. The van der Waals surface area contributed by atoms with Gasteiger partial charge in [0.05, 0.1) is 15.5 Å². The Labute approximate surface area is 176 Å². The van der Waals surface area contributed by atoms with Crippen LogP contribution in [0.15, 0.2) is 70.0 Å². The molecule has 0 saturated carbocycles. The first kappa shape index (κ1) is 19.1. The van der Waals surface area contributed by atoms with E-state index in [1.54, 1.807) is 30.3 Å². The third-order valence-electron chi connectivity index (χ3n) is 4.39. The molecule has 4 rings (SSSR count). The highest BCUT2D eigenvalue weighted by Gasteiger charge is 2.34. The predicted octanol–water partition coefficient (Wildman–Crippen LogP) is 5.57. The number of non-ortho nitro benzene ring substituents is 1. The van der Waals surface area contributed by atoms with Crippen molar-refractivity contribution in [2.75, 3.05) is 4.90 Å². The molecular weight excluding hydrogens is 408 g/mol. The Hall–Kier alpha value is -3.23. The van der Waals surface area contributed by atoms with Gasteiger partial charge in [0.15, 0.2) is 4.32 Å². The number of rotatable bonds is 4. The van der Waals surface area contributed by atoms with Gasteiger partial charge in [-0.25, -0.2) is 0 Å². The van der Waals surface area contributed by atoms with E-state index in [1.807, 2.05) is 31.2 Å². The molecule has 6 nitrogen and oxygen atoms in total. The molecule has 0 bridgehead atoms. The lowest BCUT2D eigenvalue weighted by Crippen LogP contribution is -2.28. The van der Waals surface area contributed by atoms with Crippen molar-refractivity contribution in [3.05, 3.63) is 87.0 Å². The summed E-state index contributed by atoms with van der Waals surface area (Å²) in [6.45, 7) is 1.93. The number of hydrogen-bond acceptors (Lipinski definition) is 6. The fraction of sp³-hybridized carbons (Fsp3) is 0.0476. The summed E-state index contributed by atoms with van der Waals surface area (Å²) in [6, 6.07) is 17.2. The number of thioether (sulfide) groups is 1. The van der Waals surface area contributed by atoms with E-state index < -0.39 is 4.92 Å². The monoisotopic (exact) mass is 422 g/mol. The summed E-state index contributed by atoms with van der Waals surface area (Å²) in [7, 11) is 0. The first-order valence-corrected chi connectivity index (χ1v) is 9.85. The number of nitro groups is 1. The van der Waals surface area contributed by atoms with Crippen LogP contribution in [0.2, 0.25) is 0 Å². The fourth-order valence-electron chi connectivity index (χ4n) is 2.98. The molecule has 1 fully saturated rings. The molecule has 2 heterocycles. The van der Waals surface area contributed by atoms with Gasteiger partial charge in [-0.1, -0.05) is 54.3 Å². The number of nitro benzene ring substituents is 1. The summed E-state index contributed by atoms with van der Waals surface area (Å²) in [5.41, 5.74) is 2.29. The molecule has 144 valence electrons. The molecule has 2 aromatic carbocycles. The van der Waals surface area contributed by atoms with E-state index in [1.165, 1.54) is 28.8 Å². The zero-order chi connectivity index (χ0) is 20.5. The Balaban J connectivity index is 1.62. The highest BCUT2D eigenvalue weighted by Crippen LogP contribution is 2.37. The summed E-state index contributed by atoms with van der Waals surface area (Å²) in [4.78, 5) is 25.4. The lowest BCUT2D eigenvalue weighted by Gasteiger charge is -2.16. The number of amides is 1. The second-order valence-electron chi connectivity index (χ2n) is 6.31. The van der Waals surface area contributed by atoms with Crippen LogP contribution in [0.4, 0.5) is 11.4 Å². The van der Waals surface area contributed by atoms with Crippen LogP contribution in [0, 0.1) is 17.0 Å². The SMILES string of the molecule is Cc1ccccc1N1C(=O)C(=Cc2ccc(-c3cccc([N+](=O)[O-])c3)o2)SC1=S. The van der Waals surface area contributed by atoms with Gasteiger partial charge in [-0.15, -0.1) is 0 Å². The molecule has 3 aromatic rings. The normalized spacial score (nSPS) is 15.3. The Morgan fingerprint density at radius 2 is 1.93 bits per heavy atom. The number of carbonyl (C=O) groups excluding carboxylic acids is 1. The Morgan fingerprint density at radius 3 is 2.69 bits per heavy atom. The summed E-state index contributed by atoms with van der Waals surface area (Å²) < 4.78 is 6.25. The second-order valence-corrected chi connectivity index (χ2v) is 7.99. The molecule has 0 N–H and O–H groups in total. The van der Waals surface area contributed by atoms with Crippen LogP contribution in [0.25, 0.3) is 17.4 Å². The van der Waals surface area contributed by atoms with Gasteiger partial charge in [-0.05, 0) is 30.7 Å². The third-order valence-corrected chi connectivity index (χ3v) is 5.69. The minimum atomic E-state index is -0.454. The van der Waals surface area contributed by atoms with Crippen molar-refractivity contribution >= 4 is 51.7 Å². The molecule has 1 aliphatic heterocycles. The number of anilines is 1. The number of furan rings is 1. The van der Waals surface area contributed by atoms with Crippen LogP contribution in [0.3, 0.4) is 0 Å². The molecule has 1 aliphatic rings. The van der Waals surface area contributed by atoms with Crippen molar-refractivity contribution in [1.82, 2.24) is 0 Å². The molecule has 8 heteroatoms. The van der Waals surface area contributed by atoms with Crippen molar-refractivity contribution in [2.24, 2.45) is 0 Å². The topological polar surface area (TPSA) is 76.6 Å². The number of para-hydroxylation sites is 1. The molecule has 0 unspecified atom stereocenters. The molecule has 0 atom stereocenters. The number of thiocarbonyl (C=S) groups is 1. The van der Waals surface area contributed by atoms with E-state index in [0.717, 1.165) is 11.3 Å². The first-order chi connectivity index (χ1) is 13.9. The second kappa shape index (κ2) is 7.65. The minimum absolute atomic E-state index is 0.0143. The molecule has 0 spiro atoms. The predicted molar refractivity (Wildman–Crippen MR) is 118 cm³/mol. The maximum absolute atomic E-state index is 12.9. The van der Waals surface area contributed by atoms with E-state index in [0.29, 0.717) is 26.3 Å². The molecule has 0 aliphatic carbocycles. The lowest BCUT2D eigenvalue weighted by atomic mass is 10.1. The largest absolute Gasteiger partial charge is 0.457 e. The maximum Gasteiger partial charge on any atom is 0.270 e. The number of benzene rings is 2. The fourth-order valence-corrected chi connectivity index (χ4v) is 4.24. The Morgan fingerprint density at radius 1 is 1.14 bits per heavy atom. The van der Waals surface area contributed by atoms with Gasteiger partial charge in [-0.3, -0.25) is 19.8 Å². The van der Waals surface area contributed by atoms with Gasteiger partial charge < -0.3 is 4.42 Å². The van der Waals surface area contributed by atoms with Crippen molar-refractivity contribution in [2.45, 2.75) is 6.92 Å². The van der Waals surface area contributed by atoms with Crippen LogP contribution < -0.4 is 4.90 Å². The van der Waals surface area contributed by atoms with Crippen molar-refractivity contribution in [3.8, 4) is 11.3 Å². The van der Waals surface area contributed by atoms with Crippen LogP contribution in [-0.4, -0.2) is 15.2 Å². The average molecular weight is 422 g/mol. The lowest BCUT2D eigenvalue weighted by molar-refractivity contribution is -0.384. The highest BCUT2D eigenvalue weighted by atomic mass is 32.2. The van der Waals surface area contributed by atoms with Crippen molar-refractivity contribution in [3.63, 3.8) is 0 Å². The molecule has 0 radical (unpaired) electrons. The van der Waals surface area contributed by atoms with Gasteiger partial charge in [-0.2, -0.15) is 0 Å². The average Bonchev–Trinajstić information content (AvgIpc) is 3.28.